The van der Waals surface area contributed by atoms with Gasteiger partial charge in [0.15, 0.2) is 5.78 Å². The molecule has 0 saturated carbocycles. The first-order valence-electron chi connectivity index (χ1n) is 13.9. The van der Waals surface area contributed by atoms with Gasteiger partial charge in [0.2, 0.25) is 11.8 Å². The Kier molecular flexibility index (Phi) is 10.4. The number of aliphatic hydroxyl groups is 2. The Labute approximate surface area is 254 Å². The molecule has 1 heterocycles. The fourth-order valence-corrected chi connectivity index (χ4v) is 4.68. The van der Waals surface area contributed by atoms with Crippen molar-refractivity contribution in [3.8, 4) is 5.75 Å². The van der Waals surface area contributed by atoms with Crippen LogP contribution in [0.25, 0.3) is 10.9 Å². The summed E-state index contributed by atoms with van der Waals surface area (Å²) in [4.78, 5) is 55.1. The van der Waals surface area contributed by atoms with Crippen LogP contribution in [0, 0.1) is 0 Å². The third-order valence-electron chi connectivity index (χ3n) is 7.12. The number of aliphatic hydroxyl groups excluding tert-OH is 1. The maximum Gasteiger partial charge on any atom is 0.270 e. The monoisotopic (exact) mass is 598 g/mol. The Balaban J connectivity index is 1.59. The van der Waals surface area contributed by atoms with Crippen molar-refractivity contribution in [3.63, 3.8) is 0 Å². The minimum atomic E-state index is -2.06. The molecule has 3 atom stereocenters. The quantitative estimate of drug-likeness (QED) is 0.137. The number of nitrogens with one attached hydrogen (secondary N) is 2. The van der Waals surface area contributed by atoms with Gasteiger partial charge in [0.1, 0.15) is 29.7 Å². The summed E-state index contributed by atoms with van der Waals surface area (Å²) in [7, 11) is 0. The molecule has 1 aromatic heterocycles. The maximum atomic E-state index is 13.6. The van der Waals surface area contributed by atoms with Gasteiger partial charge in [-0.15, -0.1) is 0 Å². The van der Waals surface area contributed by atoms with E-state index in [-0.39, 0.29) is 29.2 Å². The number of Topliss-reactive ketones (excluding diaryl/α,β-unsaturated/α-hetero) is 1. The average molecular weight is 599 g/mol. The predicted molar refractivity (Wildman–Crippen MR) is 163 cm³/mol. The molecule has 0 unspecified atom stereocenters. The number of primary amides is 1. The van der Waals surface area contributed by atoms with Crippen molar-refractivity contribution in [3.05, 3.63) is 108 Å². The third-order valence-corrected chi connectivity index (χ3v) is 7.12. The molecule has 0 aliphatic rings. The smallest absolute Gasteiger partial charge is 0.270 e. The van der Waals surface area contributed by atoms with Gasteiger partial charge in [-0.1, -0.05) is 66.7 Å². The van der Waals surface area contributed by atoms with Crippen LogP contribution in [0.5, 0.6) is 5.75 Å². The number of pyridine rings is 1. The second-order valence-corrected chi connectivity index (χ2v) is 10.4. The highest BCUT2D eigenvalue weighted by molar-refractivity contribution is 5.99. The average Bonchev–Trinajstić information content (AvgIpc) is 3.03. The number of benzene rings is 3. The number of ketones is 1. The molecule has 0 bridgehead atoms. The standard InChI is InChI=1S/C33H34N4O7/c1-21(39)24-12-6-8-14-28(24)44-20-33(43,19-38)29(17-22-9-3-2-4-10-22)37-32(42)27(18-30(34)40)36-31(41)26-16-15-23-11-5-7-13-25(23)35-26/h2-16,27,29,38,43H,17-20H2,1H3,(H2,34,40)(H,36,41)(H,37,42)/t27-,29-,33+/m0/s1. The van der Waals surface area contributed by atoms with E-state index in [0.717, 1.165) is 5.39 Å². The van der Waals surface area contributed by atoms with Crippen LogP contribution in [0.15, 0.2) is 91.0 Å². The Morgan fingerprint density at radius 1 is 0.909 bits per heavy atom. The highest BCUT2D eigenvalue weighted by Gasteiger charge is 2.40. The number of rotatable bonds is 14. The van der Waals surface area contributed by atoms with Crippen molar-refractivity contribution in [2.75, 3.05) is 13.2 Å². The molecule has 228 valence electrons. The minimum absolute atomic E-state index is 0.0243. The van der Waals surface area contributed by atoms with Crippen molar-refractivity contribution in [1.29, 1.82) is 0 Å². The first kappa shape index (κ1) is 31.8. The van der Waals surface area contributed by atoms with E-state index in [4.69, 9.17) is 10.5 Å². The number of hydrogen-bond acceptors (Lipinski definition) is 8. The first-order chi connectivity index (χ1) is 21.1. The number of nitrogens with zero attached hydrogens (tertiary/aromatic N) is 1. The van der Waals surface area contributed by atoms with Gasteiger partial charge in [-0.05, 0) is 43.2 Å². The lowest BCUT2D eigenvalue weighted by Crippen LogP contribution is -2.62. The van der Waals surface area contributed by atoms with Crippen LogP contribution in [0.4, 0.5) is 0 Å². The van der Waals surface area contributed by atoms with Gasteiger partial charge in [0.05, 0.1) is 30.1 Å². The molecule has 0 saturated heterocycles. The highest BCUT2D eigenvalue weighted by Crippen LogP contribution is 2.23. The van der Waals surface area contributed by atoms with E-state index in [0.29, 0.717) is 11.1 Å². The molecule has 0 spiro atoms. The summed E-state index contributed by atoms with van der Waals surface area (Å²) < 4.78 is 5.80. The number of nitrogens with two attached hydrogens (primary N) is 1. The number of fused-ring (bicyclic) bond motifs is 1. The van der Waals surface area contributed by atoms with Crippen molar-refractivity contribution >= 4 is 34.4 Å². The molecule has 4 rings (SSSR count). The zero-order chi connectivity index (χ0) is 31.7. The van der Waals surface area contributed by atoms with E-state index in [1.54, 1.807) is 72.8 Å². The number of para-hydroxylation sites is 2. The Morgan fingerprint density at radius 2 is 1.59 bits per heavy atom. The predicted octanol–water partition coefficient (Wildman–Crippen LogP) is 1.94. The number of hydrogen-bond donors (Lipinski definition) is 5. The summed E-state index contributed by atoms with van der Waals surface area (Å²) in [6.07, 6.45) is -0.492. The second kappa shape index (κ2) is 14.4. The van der Waals surface area contributed by atoms with E-state index in [9.17, 15) is 29.4 Å². The van der Waals surface area contributed by atoms with Crippen LogP contribution < -0.4 is 21.1 Å². The second-order valence-electron chi connectivity index (χ2n) is 10.4. The van der Waals surface area contributed by atoms with Gasteiger partial charge in [0.25, 0.3) is 5.91 Å². The molecule has 3 aromatic carbocycles. The molecular weight excluding hydrogens is 564 g/mol. The van der Waals surface area contributed by atoms with E-state index in [1.807, 2.05) is 12.1 Å². The van der Waals surface area contributed by atoms with Gasteiger partial charge in [-0.2, -0.15) is 0 Å². The van der Waals surface area contributed by atoms with Crippen LogP contribution in [-0.2, 0) is 16.0 Å². The van der Waals surface area contributed by atoms with Gasteiger partial charge in [-0.25, -0.2) is 4.98 Å². The number of carbonyl (C=O) groups excluding carboxylic acids is 4. The Hall–Kier alpha value is -5.13. The summed E-state index contributed by atoms with van der Waals surface area (Å²) in [6.45, 7) is 0.0414. The normalized spacial score (nSPS) is 13.7. The van der Waals surface area contributed by atoms with Gasteiger partial charge < -0.3 is 31.3 Å². The van der Waals surface area contributed by atoms with Crippen molar-refractivity contribution in [2.24, 2.45) is 5.73 Å². The fraction of sp³-hybridized carbons (Fsp3) is 0.242. The van der Waals surface area contributed by atoms with Crippen molar-refractivity contribution in [1.82, 2.24) is 15.6 Å². The molecule has 0 aliphatic carbocycles. The summed E-state index contributed by atoms with van der Waals surface area (Å²) >= 11 is 0. The van der Waals surface area contributed by atoms with Gasteiger partial charge >= 0.3 is 0 Å². The van der Waals surface area contributed by atoms with Crippen LogP contribution in [0.3, 0.4) is 0 Å². The van der Waals surface area contributed by atoms with E-state index in [2.05, 4.69) is 15.6 Å². The zero-order valence-corrected chi connectivity index (χ0v) is 24.1. The molecule has 0 aliphatic heterocycles. The SMILES string of the molecule is CC(=O)c1ccccc1OC[C@](O)(CO)[C@H](Cc1ccccc1)NC(=O)[C@H](CC(N)=O)NC(=O)c1ccc2ccccc2n1. The van der Waals surface area contributed by atoms with E-state index >= 15 is 0 Å². The number of ether oxygens (including phenoxy) is 1. The lowest BCUT2D eigenvalue weighted by Gasteiger charge is -2.36. The molecule has 44 heavy (non-hydrogen) atoms. The zero-order valence-electron chi connectivity index (χ0n) is 24.1. The van der Waals surface area contributed by atoms with Gasteiger partial charge in [-0.3, -0.25) is 19.2 Å². The lowest BCUT2D eigenvalue weighted by atomic mass is 9.89. The summed E-state index contributed by atoms with van der Waals surface area (Å²) in [5, 5.41) is 28.0. The molecule has 11 heteroatoms. The third kappa shape index (κ3) is 8.03. The topological polar surface area (TPSA) is 181 Å². The molecule has 11 nitrogen and oxygen atoms in total. The molecule has 3 amide bonds. The summed E-state index contributed by atoms with van der Waals surface area (Å²) in [5.41, 5.74) is 4.94. The number of amides is 3. The van der Waals surface area contributed by atoms with E-state index in [1.165, 1.54) is 13.0 Å². The van der Waals surface area contributed by atoms with Crippen LogP contribution >= 0.6 is 0 Å². The molecule has 0 fully saturated rings. The summed E-state index contributed by atoms with van der Waals surface area (Å²) in [5.74, 6) is -2.45. The molecule has 6 N–H and O–H groups in total. The van der Waals surface area contributed by atoms with Crippen molar-refractivity contribution in [2.45, 2.75) is 37.5 Å². The fourth-order valence-electron chi connectivity index (χ4n) is 4.68. The van der Waals surface area contributed by atoms with Crippen molar-refractivity contribution < 1.29 is 34.1 Å². The molecule has 0 radical (unpaired) electrons. The van der Waals surface area contributed by atoms with Gasteiger partial charge in [0, 0.05) is 5.39 Å². The maximum absolute atomic E-state index is 13.6. The van der Waals surface area contributed by atoms with Crippen LogP contribution in [0.1, 0.15) is 39.8 Å². The Bertz CT molecular complexity index is 1650. The molecule has 4 aromatic rings. The largest absolute Gasteiger partial charge is 0.490 e. The minimum Gasteiger partial charge on any atom is -0.490 e. The number of aromatic nitrogens is 1. The van der Waals surface area contributed by atoms with Crippen LogP contribution in [0.2, 0.25) is 0 Å². The molecular formula is C33H34N4O7. The van der Waals surface area contributed by atoms with Crippen LogP contribution in [-0.4, -0.2) is 69.6 Å². The highest BCUT2D eigenvalue weighted by atomic mass is 16.5. The van der Waals surface area contributed by atoms with E-state index < -0.39 is 55.0 Å². The Morgan fingerprint density at radius 3 is 2.30 bits per heavy atom. The first-order valence-corrected chi connectivity index (χ1v) is 13.9. The number of carbonyl (C=O) groups is 4. The lowest BCUT2D eigenvalue weighted by molar-refractivity contribution is -0.131. The summed E-state index contributed by atoms with van der Waals surface area (Å²) in [6, 6.07) is 23.2.